The van der Waals surface area contributed by atoms with Crippen LogP contribution in [-0.2, 0) is 16.0 Å². The molecule has 1 rings (SSSR count). The van der Waals surface area contributed by atoms with Crippen LogP contribution in [0.5, 0.6) is 5.75 Å². The molecule has 3 heteroatoms. The molecular formula is C14H18O3. The van der Waals surface area contributed by atoms with Crippen molar-refractivity contribution in [3.63, 3.8) is 0 Å². The van der Waals surface area contributed by atoms with Gasteiger partial charge in [0.1, 0.15) is 12.0 Å². The molecule has 0 heterocycles. The van der Waals surface area contributed by atoms with E-state index < -0.39 is 0 Å². The second-order valence-corrected chi connectivity index (χ2v) is 3.89. The Morgan fingerprint density at radius 1 is 1.35 bits per heavy atom. The molecule has 0 aliphatic heterocycles. The number of carbonyl (C=O) groups excluding carboxylic acids is 2. The first kappa shape index (κ1) is 13.4. The van der Waals surface area contributed by atoms with Crippen molar-refractivity contribution in [3.8, 4) is 5.75 Å². The van der Waals surface area contributed by atoms with E-state index in [9.17, 15) is 9.59 Å². The minimum Gasteiger partial charge on any atom is -0.427 e. The highest BCUT2D eigenvalue weighted by Crippen LogP contribution is 2.16. The highest BCUT2D eigenvalue weighted by Gasteiger charge is 2.02. The molecule has 17 heavy (non-hydrogen) atoms. The number of aryl methyl sites for hydroxylation is 1. The van der Waals surface area contributed by atoms with Gasteiger partial charge in [-0.3, -0.25) is 4.79 Å². The Bertz CT molecular complexity index is 371. The first-order valence-corrected chi connectivity index (χ1v) is 5.99. The lowest BCUT2D eigenvalue weighted by Gasteiger charge is -2.05. The van der Waals surface area contributed by atoms with Gasteiger partial charge in [-0.25, -0.2) is 0 Å². The number of ether oxygens (including phenoxy) is 1. The molecule has 0 aliphatic rings. The van der Waals surface area contributed by atoms with Crippen molar-refractivity contribution in [2.24, 2.45) is 0 Å². The maximum absolute atomic E-state index is 11.1. The van der Waals surface area contributed by atoms with E-state index in [-0.39, 0.29) is 5.97 Å². The summed E-state index contributed by atoms with van der Waals surface area (Å²) in [6.07, 6.45) is 4.73. The second-order valence-electron chi connectivity index (χ2n) is 3.89. The van der Waals surface area contributed by atoms with Crippen LogP contribution in [0.4, 0.5) is 0 Å². The van der Waals surface area contributed by atoms with E-state index in [0.717, 1.165) is 31.1 Å². The van der Waals surface area contributed by atoms with Gasteiger partial charge in [0, 0.05) is 12.8 Å². The maximum Gasteiger partial charge on any atom is 0.310 e. The first-order chi connectivity index (χ1) is 8.26. The lowest BCUT2D eigenvalue weighted by molar-refractivity contribution is -0.134. The first-order valence-electron chi connectivity index (χ1n) is 5.99. The van der Waals surface area contributed by atoms with Crippen molar-refractivity contribution in [1.29, 1.82) is 0 Å². The molecule has 0 aromatic heterocycles. The van der Waals surface area contributed by atoms with Gasteiger partial charge in [0.05, 0.1) is 0 Å². The number of carbonyl (C=O) groups is 2. The van der Waals surface area contributed by atoms with Gasteiger partial charge in [-0.2, -0.15) is 0 Å². The monoisotopic (exact) mass is 234 g/mol. The SMILES string of the molecule is CCC(=O)Oc1cccc(CCCCC=O)c1. The van der Waals surface area contributed by atoms with E-state index in [1.54, 1.807) is 13.0 Å². The molecule has 0 aliphatic carbocycles. The van der Waals surface area contributed by atoms with Crippen molar-refractivity contribution < 1.29 is 14.3 Å². The standard InChI is InChI=1S/C14H18O3/c1-2-14(16)17-13-9-6-8-12(11-13)7-4-3-5-10-15/h6,8-11H,2-5,7H2,1H3. The van der Waals surface area contributed by atoms with E-state index in [4.69, 9.17) is 4.74 Å². The van der Waals surface area contributed by atoms with Gasteiger partial charge in [-0.15, -0.1) is 0 Å². The molecule has 0 amide bonds. The van der Waals surface area contributed by atoms with E-state index >= 15 is 0 Å². The predicted octanol–water partition coefficient (Wildman–Crippen LogP) is 2.91. The fourth-order valence-corrected chi connectivity index (χ4v) is 1.52. The topological polar surface area (TPSA) is 43.4 Å². The summed E-state index contributed by atoms with van der Waals surface area (Å²) in [7, 11) is 0. The van der Waals surface area contributed by atoms with E-state index in [0.29, 0.717) is 18.6 Å². The Morgan fingerprint density at radius 3 is 2.88 bits per heavy atom. The summed E-state index contributed by atoms with van der Waals surface area (Å²) in [5, 5.41) is 0. The summed E-state index contributed by atoms with van der Waals surface area (Å²) in [6.45, 7) is 1.77. The zero-order valence-corrected chi connectivity index (χ0v) is 10.1. The van der Waals surface area contributed by atoms with Crippen LogP contribution in [0.15, 0.2) is 24.3 Å². The summed E-state index contributed by atoms with van der Waals surface area (Å²) in [6, 6.07) is 7.55. The van der Waals surface area contributed by atoms with Gasteiger partial charge in [0.15, 0.2) is 0 Å². The molecule has 1 aromatic carbocycles. The van der Waals surface area contributed by atoms with Crippen LogP contribution >= 0.6 is 0 Å². The van der Waals surface area contributed by atoms with Gasteiger partial charge in [0.2, 0.25) is 0 Å². The third-order valence-corrected chi connectivity index (χ3v) is 2.46. The van der Waals surface area contributed by atoms with Gasteiger partial charge < -0.3 is 9.53 Å². The number of aldehydes is 1. The van der Waals surface area contributed by atoms with Gasteiger partial charge in [-0.1, -0.05) is 19.1 Å². The summed E-state index contributed by atoms with van der Waals surface area (Å²) < 4.78 is 5.14. The van der Waals surface area contributed by atoms with Crippen molar-refractivity contribution in [1.82, 2.24) is 0 Å². The van der Waals surface area contributed by atoms with Crippen LogP contribution in [0, 0.1) is 0 Å². The molecule has 3 nitrogen and oxygen atoms in total. The molecule has 0 unspecified atom stereocenters. The quantitative estimate of drug-likeness (QED) is 0.315. The average Bonchev–Trinajstić information content (AvgIpc) is 2.35. The number of esters is 1. The summed E-state index contributed by atoms with van der Waals surface area (Å²) in [5.74, 6) is 0.382. The smallest absolute Gasteiger partial charge is 0.310 e. The third kappa shape index (κ3) is 5.29. The van der Waals surface area contributed by atoms with E-state index in [2.05, 4.69) is 0 Å². The molecule has 1 aromatic rings. The molecule has 0 radical (unpaired) electrons. The molecule has 0 saturated carbocycles. The molecule has 0 spiro atoms. The van der Waals surface area contributed by atoms with Crippen molar-refractivity contribution in [2.45, 2.75) is 39.0 Å². The molecule has 0 atom stereocenters. The highest BCUT2D eigenvalue weighted by molar-refractivity contribution is 5.71. The molecule has 92 valence electrons. The van der Waals surface area contributed by atoms with Crippen LogP contribution in [0.1, 0.15) is 38.2 Å². The van der Waals surface area contributed by atoms with Gasteiger partial charge >= 0.3 is 5.97 Å². The average molecular weight is 234 g/mol. The Morgan fingerprint density at radius 2 is 2.18 bits per heavy atom. The van der Waals surface area contributed by atoms with Crippen LogP contribution in [0.3, 0.4) is 0 Å². The maximum atomic E-state index is 11.1. The molecule has 0 N–H and O–H groups in total. The largest absolute Gasteiger partial charge is 0.427 e. The van der Waals surface area contributed by atoms with Crippen LogP contribution in [-0.4, -0.2) is 12.3 Å². The lowest BCUT2D eigenvalue weighted by atomic mass is 10.1. The van der Waals surface area contributed by atoms with Crippen molar-refractivity contribution >= 4 is 12.3 Å². The fraction of sp³-hybridized carbons (Fsp3) is 0.429. The van der Waals surface area contributed by atoms with E-state index in [1.165, 1.54) is 0 Å². The zero-order chi connectivity index (χ0) is 12.5. The van der Waals surface area contributed by atoms with Crippen molar-refractivity contribution in [2.75, 3.05) is 0 Å². The lowest BCUT2D eigenvalue weighted by Crippen LogP contribution is -2.05. The number of hydrogen-bond donors (Lipinski definition) is 0. The Labute approximate surface area is 102 Å². The minimum absolute atomic E-state index is 0.219. The van der Waals surface area contributed by atoms with Crippen LogP contribution in [0.25, 0.3) is 0 Å². The summed E-state index contributed by atoms with van der Waals surface area (Å²) in [4.78, 5) is 21.3. The van der Waals surface area contributed by atoms with E-state index in [1.807, 2.05) is 18.2 Å². The van der Waals surface area contributed by atoms with Gasteiger partial charge in [0.25, 0.3) is 0 Å². The molecule has 0 bridgehead atoms. The number of rotatable bonds is 7. The van der Waals surface area contributed by atoms with Gasteiger partial charge in [-0.05, 0) is 37.0 Å². The number of unbranched alkanes of at least 4 members (excludes halogenated alkanes) is 2. The fourth-order valence-electron chi connectivity index (χ4n) is 1.52. The Balaban J connectivity index is 2.47. The second kappa shape index (κ2) is 7.60. The molecule has 0 saturated heterocycles. The highest BCUT2D eigenvalue weighted by atomic mass is 16.5. The number of benzene rings is 1. The minimum atomic E-state index is -0.219. The Hall–Kier alpha value is -1.64. The third-order valence-electron chi connectivity index (χ3n) is 2.46. The van der Waals surface area contributed by atoms with Crippen LogP contribution in [0.2, 0.25) is 0 Å². The normalized spacial score (nSPS) is 9.94. The Kier molecular flexibility index (Phi) is 6.00. The molecular weight excluding hydrogens is 216 g/mol. The zero-order valence-electron chi connectivity index (χ0n) is 10.1. The predicted molar refractivity (Wildman–Crippen MR) is 66.0 cm³/mol. The van der Waals surface area contributed by atoms with Crippen molar-refractivity contribution in [3.05, 3.63) is 29.8 Å². The molecule has 0 fully saturated rings. The summed E-state index contributed by atoms with van der Waals surface area (Å²) in [5.41, 5.74) is 1.14. The van der Waals surface area contributed by atoms with Crippen LogP contribution < -0.4 is 4.74 Å². The summed E-state index contributed by atoms with van der Waals surface area (Å²) >= 11 is 0. The number of hydrogen-bond acceptors (Lipinski definition) is 3.